The Bertz CT molecular complexity index is 495. The molecule has 5 nitrogen and oxygen atoms in total. The molecule has 2 amide bonds. The largest absolute Gasteiger partial charge is 0.445 e. The molecule has 6 heteroatoms. The van der Waals surface area contributed by atoms with Crippen LogP contribution in [0.2, 0.25) is 0 Å². The van der Waals surface area contributed by atoms with Gasteiger partial charge < -0.3 is 15.0 Å². The van der Waals surface area contributed by atoms with Gasteiger partial charge in [0.25, 0.3) is 0 Å². The van der Waals surface area contributed by atoms with Gasteiger partial charge in [-0.15, -0.1) is 11.6 Å². The Morgan fingerprint density at radius 1 is 1.32 bits per heavy atom. The second-order valence-electron chi connectivity index (χ2n) is 5.43. The molecule has 0 saturated carbocycles. The molecule has 1 fully saturated rings. The normalized spacial score (nSPS) is 17.9. The number of benzene rings is 1. The summed E-state index contributed by atoms with van der Waals surface area (Å²) in [6.07, 6.45) is 1.62. The van der Waals surface area contributed by atoms with Gasteiger partial charge in [0.2, 0.25) is 5.91 Å². The molecule has 0 radical (unpaired) electrons. The fourth-order valence-corrected chi connectivity index (χ4v) is 2.61. The zero-order valence-corrected chi connectivity index (χ0v) is 13.2. The lowest BCUT2D eigenvalue weighted by atomic mass is 9.98. The van der Waals surface area contributed by atoms with Crippen molar-refractivity contribution in [2.24, 2.45) is 5.92 Å². The van der Waals surface area contributed by atoms with Gasteiger partial charge in [0.05, 0.1) is 0 Å². The molecule has 0 aromatic heterocycles. The predicted octanol–water partition coefficient (Wildman–Crippen LogP) is 2.39. The molecular formula is C16H21ClN2O3. The van der Waals surface area contributed by atoms with Crippen LogP contribution >= 0.6 is 11.6 Å². The molecule has 0 aliphatic carbocycles. The van der Waals surface area contributed by atoms with Crippen molar-refractivity contribution in [3.8, 4) is 0 Å². The highest BCUT2D eigenvalue weighted by Crippen LogP contribution is 2.17. The molecule has 120 valence electrons. The molecule has 1 aliphatic heterocycles. The van der Waals surface area contributed by atoms with Crippen molar-refractivity contribution < 1.29 is 14.3 Å². The third kappa shape index (κ3) is 5.22. The number of nitrogens with zero attached hydrogens (tertiary/aromatic N) is 1. The van der Waals surface area contributed by atoms with Gasteiger partial charge in [-0.1, -0.05) is 30.3 Å². The third-order valence-electron chi connectivity index (χ3n) is 3.69. The van der Waals surface area contributed by atoms with E-state index in [9.17, 15) is 9.59 Å². The van der Waals surface area contributed by atoms with E-state index in [-0.39, 0.29) is 30.4 Å². The number of ether oxygens (including phenoxy) is 1. The molecule has 0 bridgehead atoms. The lowest BCUT2D eigenvalue weighted by Crippen LogP contribution is -2.44. The number of amides is 2. The molecule has 1 aromatic carbocycles. The van der Waals surface area contributed by atoms with E-state index in [2.05, 4.69) is 5.32 Å². The van der Waals surface area contributed by atoms with Crippen molar-refractivity contribution in [2.45, 2.75) is 19.4 Å². The maximum Gasteiger partial charge on any atom is 0.410 e. The van der Waals surface area contributed by atoms with Gasteiger partial charge >= 0.3 is 6.09 Å². The minimum atomic E-state index is -0.294. The van der Waals surface area contributed by atoms with Gasteiger partial charge in [0, 0.05) is 19.6 Å². The number of piperidine rings is 1. The average molecular weight is 325 g/mol. The second-order valence-corrected chi connectivity index (χ2v) is 5.70. The van der Waals surface area contributed by atoms with E-state index < -0.39 is 0 Å². The van der Waals surface area contributed by atoms with Gasteiger partial charge in [-0.2, -0.15) is 0 Å². The average Bonchev–Trinajstić information content (AvgIpc) is 2.58. The summed E-state index contributed by atoms with van der Waals surface area (Å²) in [4.78, 5) is 25.0. The highest BCUT2D eigenvalue weighted by atomic mass is 35.5. The first-order chi connectivity index (χ1) is 10.7. The molecule has 1 N–H and O–H groups in total. The predicted molar refractivity (Wildman–Crippen MR) is 84.7 cm³/mol. The highest BCUT2D eigenvalue weighted by molar-refractivity contribution is 6.27. The molecule has 1 aliphatic rings. The summed E-state index contributed by atoms with van der Waals surface area (Å²) in [5.74, 6) is 0.0471. The Labute approximate surface area is 135 Å². The second kappa shape index (κ2) is 8.63. The van der Waals surface area contributed by atoms with Crippen LogP contribution in [0.5, 0.6) is 0 Å². The van der Waals surface area contributed by atoms with Crippen molar-refractivity contribution in [3.63, 3.8) is 0 Å². The standard InChI is InChI=1S/C16H21ClN2O3/c17-9-15(20)18-10-14-7-4-8-19(11-14)16(21)22-12-13-5-2-1-3-6-13/h1-3,5-6,14H,4,7-12H2,(H,18,20)/t14-/m1/s1. The van der Waals surface area contributed by atoms with E-state index in [0.717, 1.165) is 18.4 Å². The Balaban J connectivity index is 1.76. The zero-order valence-electron chi connectivity index (χ0n) is 12.5. The third-order valence-corrected chi connectivity index (χ3v) is 3.93. The Morgan fingerprint density at radius 3 is 2.82 bits per heavy atom. The van der Waals surface area contributed by atoms with Crippen LogP contribution in [0.25, 0.3) is 0 Å². The summed E-state index contributed by atoms with van der Waals surface area (Å²) in [7, 11) is 0. The SMILES string of the molecule is O=C(CCl)NC[C@H]1CCCN(C(=O)OCc2ccccc2)C1. The number of rotatable bonds is 5. The monoisotopic (exact) mass is 324 g/mol. The fourth-order valence-electron chi connectivity index (χ4n) is 2.51. The highest BCUT2D eigenvalue weighted by Gasteiger charge is 2.24. The minimum absolute atomic E-state index is 0.0322. The maximum atomic E-state index is 12.1. The van der Waals surface area contributed by atoms with Crippen LogP contribution in [0.1, 0.15) is 18.4 Å². The van der Waals surface area contributed by atoms with Crippen molar-refractivity contribution in [1.29, 1.82) is 0 Å². The van der Waals surface area contributed by atoms with Crippen LogP contribution in [0, 0.1) is 5.92 Å². The summed E-state index contributed by atoms with van der Waals surface area (Å²) in [5.41, 5.74) is 0.971. The number of hydrogen-bond acceptors (Lipinski definition) is 3. The van der Waals surface area contributed by atoms with Gasteiger partial charge in [0.1, 0.15) is 12.5 Å². The first-order valence-electron chi connectivity index (χ1n) is 7.47. The molecule has 1 aromatic rings. The summed E-state index contributed by atoms with van der Waals surface area (Å²) in [6.45, 7) is 2.14. The number of likely N-dealkylation sites (tertiary alicyclic amines) is 1. The lowest BCUT2D eigenvalue weighted by Gasteiger charge is -2.32. The van der Waals surface area contributed by atoms with Crippen molar-refractivity contribution in [2.75, 3.05) is 25.5 Å². The van der Waals surface area contributed by atoms with E-state index in [1.54, 1.807) is 4.90 Å². The number of carbonyl (C=O) groups excluding carboxylic acids is 2. The first kappa shape index (κ1) is 16.6. The Kier molecular flexibility index (Phi) is 6.52. The summed E-state index contributed by atoms with van der Waals surface area (Å²) in [5, 5.41) is 2.77. The van der Waals surface area contributed by atoms with Gasteiger partial charge in [0.15, 0.2) is 0 Å². The minimum Gasteiger partial charge on any atom is -0.445 e. The molecule has 1 atom stereocenters. The topological polar surface area (TPSA) is 58.6 Å². The molecule has 1 saturated heterocycles. The van der Waals surface area contributed by atoms with Crippen molar-refractivity contribution >= 4 is 23.6 Å². The van der Waals surface area contributed by atoms with E-state index in [0.29, 0.717) is 19.6 Å². The summed E-state index contributed by atoms with van der Waals surface area (Å²) >= 11 is 5.45. The van der Waals surface area contributed by atoms with Crippen LogP contribution < -0.4 is 5.32 Å². The smallest absolute Gasteiger partial charge is 0.410 e. The van der Waals surface area contributed by atoms with Crippen LogP contribution in [0.3, 0.4) is 0 Å². The number of halogens is 1. The zero-order chi connectivity index (χ0) is 15.8. The molecular weight excluding hydrogens is 304 g/mol. The Morgan fingerprint density at radius 2 is 2.09 bits per heavy atom. The number of alkyl halides is 1. The molecule has 1 heterocycles. The van der Waals surface area contributed by atoms with E-state index >= 15 is 0 Å². The summed E-state index contributed by atoms with van der Waals surface area (Å²) in [6, 6.07) is 9.61. The molecule has 22 heavy (non-hydrogen) atoms. The van der Waals surface area contributed by atoms with Crippen LogP contribution in [-0.4, -0.2) is 42.4 Å². The van der Waals surface area contributed by atoms with Crippen LogP contribution in [0.4, 0.5) is 4.79 Å². The Hall–Kier alpha value is -1.75. The fraction of sp³-hybridized carbons (Fsp3) is 0.500. The number of carbonyl (C=O) groups is 2. The van der Waals surface area contributed by atoms with Crippen LogP contribution in [0.15, 0.2) is 30.3 Å². The molecule has 0 spiro atoms. The van der Waals surface area contributed by atoms with E-state index in [1.807, 2.05) is 30.3 Å². The maximum absolute atomic E-state index is 12.1. The van der Waals surface area contributed by atoms with Gasteiger partial charge in [-0.05, 0) is 24.3 Å². The van der Waals surface area contributed by atoms with Crippen LogP contribution in [-0.2, 0) is 16.1 Å². The van der Waals surface area contributed by atoms with Crippen molar-refractivity contribution in [3.05, 3.63) is 35.9 Å². The van der Waals surface area contributed by atoms with E-state index in [1.165, 1.54) is 0 Å². The molecule has 0 unspecified atom stereocenters. The quantitative estimate of drug-likeness (QED) is 0.846. The van der Waals surface area contributed by atoms with E-state index in [4.69, 9.17) is 16.3 Å². The molecule has 2 rings (SSSR count). The lowest BCUT2D eigenvalue weighted by molar-refractivity contribution is -0.118. The first-order valence-corrected chi connectivity index (χ1v) is 8.00. The summed E-state index contributed by atoms with van der Waals surface area (Å²) < 4.78 is 5.34. The van der Waals surface area contributed by atoms with Crippen molar-refractivity contribution in [1.82, 2.24) is 10.2 Å². The number of hydrogen-bond donors (Lipinski definition) is 1. The van der Waals surface area contributed by atoms with Gasteiger partial charge in [-0.3, -0.25) is 4.79 Å². The van der Waals surface area contributed by atoms with Gasteiger partial charge in [-0.25, -0.2) is 4.79 Å². The number of nitrogens with one attached hydrogen (secondary N) is 1.